The molecule has 3 rings (SSSR count). The second kappa shape index (κ2) is 6.15. The number of pyridine rings is 1. The van der Waals surface area contributed by atoms with E-state index in [9.17, 15) is 18.4 Å². The third-order valence-electron chi connectivity index (χ3n) is 4.06. The first-order valence-electron chi connectivity index (χ1n) is 7.48. The molecule has 1 fully saturated rings. The lowest BCUT2D eigenvalue weighted by molar-refractivity contribution is -0.126. The van der Waals surface area contributed by atoms with E-state index in [2.05, 4.69) is 21.9 Å². The average Bonchev–Trinajstić information content (AvgIpc) is 3.14. The third-order valence-corrected chi connectivity index (χ3v) is 4.06. The summed E-state index contributed by atoms with van der Waals surface area (Å²) in [5.41, 5.74) is 1.02. The number of rotatable bonds is 4. The number of alkyl halides is 2. The van der Waals surface area contributed by atoms with Crippen molar-refractivity contribution in [3.63, 3.8) is 0 Å². The standard InChI is InChI=1S/C16H16F2N4O3/c1-3-13(23)22-7-11(16(17,18)8-22)20-15(24)9-6-19-10-4-5-12(25-2)21-14(9)10/h3-6,11,19H,1,7-8H2,2H3,(H,20,24). The molecule has 9 heteroatoms. The topological polar surface area (TPSA) is 87.3 Å². The van der Waals surface area contributed by atoms with Gasteiger partial charge in [0, 0.05) is 18.8 Å². The lowest BCUT2D eigenvalue weighted by Crippen LogP contribution is -2.46. The van der Waals surface area contributed by atoms with E-state index in [4.69, 9.17) is 4.74 Å². The van der Waals surface area contributed by atoms with E-state index in [0.29, 0.717) is 16.9 Å². The van der Waals surface area contributed by atoms with Gasteiger partial charge in [-0.05, 0) is 12.1 Å². The Bertz CT molecular complexity index is 849. The molecule has 7 nitrogen and oxygen atoms in total. The summed E-state index contributed by atoms with van der Waals surface area (Å²) >= 11 is 0. The third kappa shape index (κ3) is 3.04. The maximum absolute atomic E-state index is 14.1. The predicted molar refractivity (Wildman–Crippen MR) is 85.6 cm³/mol. The van der Waals surface area contributed by atoms with Crippen molar-refractivity contribution in [2.24, 2.45) is 0 Å². The number of hydrogen-bond donors (Lipinski definition) is 2. The summed E-state index contributed by atoms with van der Waals surface area (Å²) in [6, 6.07) is 1.80. The molecule has 1 unspecified atom stereocenters. The molecule has 2 aromatic heterocycles. The van der Waals surface area contributed by atoms with Gasteiger partial charge < -0.3 is 19.9 Å². The highest BCUT2D eigenvalue weighted by Gasteiger charge is 2.50. The zero-order valence-electron chi connectivity index (χ0n) is 13.4. The van der Waals surface area contributed by atoms with E-state index in [0.717, 1.165) is 11.0 Å². The van der Waals surface area contributed by atoms with Crippen molar-refractivity contribution in [1.29, 1.82) is 0 Å². The van der Waals surface area contributed by atoms with Crippen molar-refractivity contribution < 1.29 is 23.1 Å². The number of carbonyl (C=O) groups excluding carboxylic acids is 2. The highest BCUT2D eigenvalue weighted by Crippen LogP contribution is 2.28. The lowest BCUT2D eigenvalue weighted by Gasteiger charge is -2.18. The van der Waals surface area contributed by atoms with Gasteiger partial charge in [-0.25, -0.2) is 13.8 Å². The minimum Gasteiger partial charge on any atom is -0.481 e. The number of nitrogens with one attached hydrogen (secondary N) is 2. The summed E-state index contributed by atoms with van der Waals surface area (Å²) in [6.45, 7) is 2.23. The molecule has 1 atom stereocenters. The summed E-state index contributed by atoms with van der Waals surface area (Å²) < 4.78 is 33.2. The summed E-state index contributed by atoms with van der Waals surface area (Å²) in [4.78, 5) is 32.0. The SMILES string of the molecule is C=CC(=O)N1CC(NC(=O)c2c[nH]c3ccc(OC)nc23)C(F)(F)C1. The number of nitrogens with zero attached hydrogens (tertiary/aromatic N) is 2. The summed E-state index contributed by atoms with van der Waals surface area (Å²) in [6.07, 6.45) is 2.36. The number of H-pyrrole nitrogens is 1. The number of fused-ring (bicyclic) bond motifs is 1. The van der Waals surface area contributed by atoms with Crippen molar-refractivity contribution in [3.8, 4) is 5.88 Å². The maximum Gasteiger partial charge on any atom is 0.286 e. The minimum absolute atomic E-state index is 0.123. The predicted octanol–water partition coefficient (Wildman–Crippen LogP) is 1.33. The number of aromatic nitrogens is 2. The molecule has 2 aromatic rings. The zero-order chi connectivity index (χ0) is 18.2. The van der Waals surface area contributed by atoms with Crippen molar-refractivity contribution >= 4 is 22.8 Å². The molecule has 1 aliphatic rings. The molecule has 25 heavy (non-hydrogen) atoms. The summed E-state index contributed by atoms with van der Waals surface area (Å²) in [5, 5.41) is 2.29. The van der Waals surface area contributed by atoms with E-state index in [1.165, 1.54) is 13.3 Å². The van der Waals surface area contributed by atoms with Gasteiger partial charge in [0.1, 0.15) is 11.6 Å². The fraction of sp³-hybridized carbons (Fsp3) is 0.312. The van der Waals surface area contributed by atoms with Gasteiger partial charge in [-0.2, -0.15) is 0 Å². The van der Waals surface area contributed by atoms with Crippen LogP contribution in [0.5, 0.6) is 5.88 Å². The Morgan fingerprint density at radius 3 is 2.96 bits per heavy atom. The molecule has 3 heterocycles. The van der Waals surface area contributed by atoms with Crippen molar-refractivity contribution in [1.82, 2.24) is 20.2 Å². The first-order chi connectivity index (χ1) is 11.9. The highest BCUT2D eigenvalue weighted by atomic mass is 19.3. The van der Waals surface area contributed by atoms with Gasteiger partial charge >= 0.3 is 0 Å². The first-order valence-corrected chi connectivity index (χ1v) is 7.48. The van der Waals surface area contributed by atoms with Crippen molar-refractivity contribution in [2.75, 3.05) is 20.2 Å². The van der Waals surface area contributed by atoms with E-state index in [-0.39, 0.29) is 12.1 Å². The number of halogens is 2. The zero-order valence-corrected chi connectivity index (χ0v) is 13.4. The number of aromatic amines is 1. The van der Waals surface area contributed by atoms with Gasteiger partial charge in [-0.15, -0.1) is 0 Å². The van der Waals surface area contributed by atoms with E-state index in [1.807, 2.05) is 0 Å². The normalized spacial score (nSPS) is 19.0. The molecule has 0 bridgehead atoms. The molecule has 0 aliphatic carbocycles. The van der Waals surface area contributed by atoms with Crippen LogP contribution in [0.15, 0.2) is 31.0 Å². The fourth-order valence-corrected chi connectivity index (χ4v) is 2.74. The molecule has 2 N–H and O–H groups in total. The second-order valence-electron chi connectivity index (χ2n) is 5.66. The largest absolute Gasteiger partial charge is 0.481 e. The lowest BCUT2D eigenvalue weighted by atomic mass is 10.1. The second-order valence-corrected chi connectivity index (χ2v) is 5.66. The Morgan fingerprint density at radius 1 is 1.52 bits per heavy atom. The maximum atomic E-state index is 14.1. The molecule has 132 valence electrons. The average molecular weight is 350 g/mol. The van der Waals surface area contributed by atoms with Crippen LogP contribution >= 0.6 is 0 Å². The number of hydrogen-bond acceptors (Lipinski definition) is 4. The van der Waals surface area contributed by atoms with Gasteiger partial charge in [0.2, 0.25) is 11.8 Å². The van der Waals surface area contributed by atoms with Crippen LogP contribution in [0.1, 0.15) is 10.4 Å². The van der Waals surface area contributed by atoms with Crippen LogP contribution in [-0.2, 0) is 4.79 Å². The number of likely N-dealkylation sites (tertiary alicyclic amines) is 1. The molecule has 1 aliphatic heterocycles. The van der Waals surface area contributed by atoms with Gasteiger partial charge in [0.15, 0.2) is 0 Å². The highest BCUT2D eigenvalue weighted by molar-refractivity contribution is 6.05. The summed E-state index contributed by atoms with van der Waals surface area (Å²) in [7, 11) is 1.44. The number of ether oxygens (including phenoxy) is 1. The van der Waals surface area contributed by atoms with E-state index in [1.54, 1.807) is 12.1 Å². The molecule has 0 saturated carbocycles. The molecule has 0 spiro atoms. The van der Waals surface area contributed by atoms with Gasteiger partial charge in [-0.3, -0.25) is 9.59 Å². The minimum atomic E-state index is -3.23. The Kier molecular flexibility index (Phi) is 4.15. The Labute approximate surface area is 141 Å². The molecule has 0 aromatic carbocycles. The van der Waals surface area contributed by atoms with Crippen LogP contribution in [0.2, 0.25) is 0 Å². The smallest absolute Gasteiger partial charge is 0.286 e. The van der Waals surface area contributed by atoms with Crippen molar-refractivity contribution in [2.45, 2.75) is 12.0 Å². The van der Waals surface area contributed by atoms with Gasteiger partial charge in [-0.1, -0.05) is 6.58 Å². The van der Waals surface area contributed by atoms with Gasteiger partial charge in [0.25, 0.3) is 11.8 Å². The van der Waals surface area contributed by atoms with Crippen LogP contribution in [0.25, 0.3) is 11.0 Å². The summed E-state index contributed by atoms with van der Waals surface area (Å²) in [5.74, 6) is -4.24. The monoisotopic (exact) mass is 350 g/mol. The molecular weight excluding hydrogens is 334 g/mol. The number of methoxy groups -OCH3 is 1. The van der Waals surface area contributed by atoms with Crippen molar-refractivity contribution in [3.05, 3.63) is 36.5 Å². The Morgan fingerprint density at radius 2 is 2.28 bits per heavy atom. The van der Waals surface area contributed by atoms with E-state index >= 15 is 0 Å². The molecule has 2 amide bonds. The molecule has 1 saturated heterocycles. The van der Waals surface area contributed by atoms with Crippen LogP contribution in [-0.4, -0.2) is 58.8 Å². The van der Waals surface area contributed by atoms with E-state index < -0.39 is 30.3 Å². The van der Waals surface area contributed by atoms with Crippen LogP contribution in [0.3, 0.4) is 0 Å². The first kappa shape index (κ1) is 16.9. The van der Waals surface area contributed by atoms with Crippen LogP contribution in [0.4, 0.5) is 8.78 Å². The molecule has 0 radical (unpaired) electrons. The number of carbonyl (C=O) groups is 2. The Balaban J connectivity index is 1.82. The quantitative estimate of drug-likeness (QED) is 0.815. The van der Waals surface area contributed by atoms with Crippen LogP contribution < -0.4 is 10.1 Å². The molecular formula is C16H16F2N4O3. The number of amides is 2. The van der Waals surface area contributed by atoms with Gasteiger partial charge in [0.05, 0.1) is 24.7 Å². The fourth-order valence-electron chi connectivity index (χ4n) is 2.74. The van der Waals surface area contributed by atoms with Crippen LogP contribution in [0, 0.1) is 0 Å². The Hall–Kier alpha value is -2.97.